The van der Waals surface area contributed by atoms with Crippen molar-refractivity contribution in [3.8, 4) is 16.9 Å². The van der Waals surface area contributed by atoms with Crippen molar-refractivity contribution < 1.29 is 18.3 Å². The third-order valence-corrected chi connectivity index (χ3v) is 3.33. The third kappa shape index (κ3) is 3.66. The zero-order chi connectivity index (χ0) is 15.4. The van der Waals surface area contributed by atoms with Crippen molar-refractivity contribution in [2.24, 2.45) is 5.92 Å². The molecule has 4 heteroatoms. The Kier molecular flexibility index (Phi) is 4.68. The Morgan fingerprint density at radius 3 is 2.29 bits per heavy atom. The first-order chi connectivity index (χ1) is 10.0. The number of esters is 1. The molecule has 21 heavy (non-hydrogen) atoms. The van der Waals surface area contributed by atoms with E-state index in [2.05, 4.69) is 0 Å². The molecular weight excluding hydrogens is 274 g/mol. The molecule has 2 aromatic rings. The molecule has 0 N–H and O–H groups in total. The molecule has 0 aromatic heterocycles. The van der Waals surface area contributed by atoms with Gasteiger partial charge in [0.05, 0.1) is 5.92 Å². The van der Waals surface area contributed by atoms with Crippen molar-refractivity contribution in [1.29, 1.82) is 0 Å². The minimum Gasteiger partial charge on any atom is -0.423 e. The summed E-state index contributed by atoms with van der Waals surface area (Å²) in [5, 5.41) is 0. The van der Waals surface area contributed by atoms with Crippen LogP contribution in [0.3, 0.4) is 0 Å². The highest BCUT2D eigenvalue weighted by molar-refractivity contribution is 5.75. The first kappa shape index (κ1) is 15.2. The van der Waals surface area contributed by atoms with Crippen molar-refractivity contribution in [2.45, 2.75) is 20.3 Å². The molecule has 1 atom stereocenters. The maximum atomic E-state index is 14.0. The van der Waals surface area contributed by atoms with E-state index in [0.29, 0.717) is 17.5 Å². The normalized spacial score (nSPS) is 12.0. The van der Waals surface area contributed by atoms with Crippen LogP contribution in [0.1, 0.15) is 20.3 Å². The van der Waals surface area contributed by atoms with E-state index in [1.165, 1.54) is 24.3 Å². The molecule has 0 aliphatic heterocycles. The monoisotopic (exact) mass is 290 g/mol. The fourth-order valence-corrected chi connectivity index (χ4v) is 1.78. The van der Waals surface area contributed by atoms with Crippen LogP contribution < -0.4 is 4.74 Å². The fraction of sp³-hybridized carbons (Fsp3) is 0.235. The van der Waals surface area contributed by atoms with Crippen LogP contribution in [0, 0.1) is 17.6 Å². The molecule has 110 valence electrons. The average Bonchev–Trinajstić information content (AvgIpc) is 2.49. The second-order valence-corrected chi connectivity index (χ2v) is 4.88. The van der Waals surface area contributed by atoms with Crippen LogP contribution in [0.5, 0.6) is 5.75 Å². The lowest BCUT2D eigenvalue weighted by Crippen LogP contribution is -2.17. The Balaban J connectivity index is 2.21. The van der Waals surface area contributed by atoms with Crippen molar-refractivity contribution in [1.82, 2.24) is 0 Å². The van der Waals surface area contributed by atoms with Gasteiger partial charge < -0.3 is 4.74 Å². The Morgan fingerprint density at radius 2 is 1.71 bits per heavy atom. The SMILES string of the molecule is CCC(C)C(=O)Oc1ccc(-c2ccc(F)cc2)cc1F. The standard InChI is InChI=1S/C17H16F2O2/c1-3-11(2)17(20)21-16-9-6-13(10-15(16)19)12-4-7-14(18)8-5-12/h4-11H,3H2,1-2H3. The number of hydrogen-bond acceptors (Lipinski definition) is 2. The van der Waals surface area contributed by atoms with Crippen LogP contribution in [-0.4, -0.2) is 5.97 Å². The van der Waals surface area contributed by atoms with E-state index in [9.17, 15) is 13.6 Å². The quantitative estimate of drug-likeness (QED) is 0.608. The van der Waals surface area contributed by atoms with E-state index in [0.717, 1.165) is 0 Å². The molecule has 0 saturated carbocycles. The summed E-state index contributed by atoms with van der Waals surface area (Å²) in [6.45, 7) is 3.59. The van der Waals surface area contributed by atoms with Crippen LogP contribution in [-0.2, 0) is 4.79 Å². The van der Waals surface area contributed by atoms with Gasteiger partial charge in [-0.1, -0.05) is 32.0 Å². The first-order valence-corrected chi connectivity index (χ1v) is 6.78. The van der Waals surface area contributed by atoms with Crippen LogP contribution in [0.4, 0.5) is 8.78 Å². The van der Waals surface area contributed by atoms with Gasteiger partial charge in [-0.05, 0) is 41.8 Å². The Bertz CT molecular complexity index is 636. The van der Waals surface area contributed by atoms with Crippen molar-refractivity contribution in [2.75, 3.05) is 0 Å². The minimum absolute atomic E-state index is 0.0915. The number of benzene rings is 2. The molecule has 1 unspecified atom stereocenters. The maximum Gasteiger partial charge on any atom is 0.314 e. The van der Waals surface area contributed by atoms with E-state index < -0.39 is 11.8 Å². The summed E-state index contributed by atoms with van der Waals surface area (Å²) >= 11 is 0. The highest BCUT2D eigenvalue weighted by Crippen LogP contribution is 2.26. The minimum atomic E-state index is -0.617. The van der Waals surface area contributed by atoms with Crippen molar-refractivity contribution >= 4 is 5.97 Å². The number of hydrogen-bond donors (Lipinski definition) is 0. The second-order valence-electron chi connectivity index (χ2n) is 4.88. The summed E-state index contributed by atoms with van der Waals surface area (Å²) in [7, 11) is 0. The van der Waals surface area contributed by atoms with E-state index in [4.69, 9.17) is 4.74 Å². The van der Waals surface area contributed by atoms with Crippen LogP contribution in [0.25, 0.3) is 11.1 Å². The van der Waals surface area contributed by atoms with Gasteiger partial charge in [-0.25, -0.2) is 8.78 Å². The molecule has 0 fully saturated rings. The van der Waals surface area contributed by atoms with Crippen LogP contribution in [0.2, 0.25) is 0 Å². The van der Waals surface area contributed by atoms with E-state index in [1.54, 1.807) is 25.1 Å². The maximum absolute atomic E-state index is 14.0. The lowest BCUT2D eigenvalue weighted by molar-refractivity contribution is -0.138. The summed E-state index contributed by atoms with van der Waals surface area (Å²) in [4.78, 5) is 11.7. The summed E-state index contributed by atoms with van der Waals surface area (Å²) in [5.41, 5.74) is 1.28. The van der Waals surface area contributed by atoms with Gasteiger partial charge in [-0.2, -0.15) is 0 Å². The molecule has 0 radical (unpaired) electrons. The van der Waals surface area contributed by atoms with Gasteiger partial charge >= 0.3 is 5.97 Å². The zero-order valence-corrected chi connectivity index (χ0v) is 11.9. The highest BCUT2D eigenvalue weighted by Gasteiger charge is 2.15. The third-order valence-electron chi connectivity index (χ3n) is 3.33. The zero-order valence-electron chi connectivity index (χ0n) is 11.9. The molecule has 2 aromatic carbocycles. The van der Waals surface area contributed by atoms with Gasteiger partial charge in [0, 0.05) is 0 Å². The first-order valence-electron chi connectivity index (χ1n) is 6.78. The van der Waals surface area contributed by atoms with Gasteiger partial charge in [-0.3, -0.25) is 4.79 Å². The molecule has 0 saturated heterocycles. The topological polar surface area (TPSA) is 26.3 Å². The molecule has 0 aliphatic carbocycles. The smallest absolute Gasteiger partial charge is 0.314 e. The molecule has 0 aliphatic rings. The largest absolute Gasteiger partial charge is 0.423 e. The van der Waals surface area contributed by atoms with Gasteiger partial charge in [0.25, 0.3) is 0 Å². The van der Waals surface area contributed by atoms with E-state index in [1.807, 2.05) is 6.92 Å². The lowest BCUT2D eigenvalue weighted by Gasteiger charge is -2.10. The molecule has 0 spiro atoms. The second kappa shape index (κ2) is 6.48. The van der Waals surface area contributed by atoms with Crippen LogP contribution >= 0.6 is 0 Å². The molecule has 0 amide bonds. The fourth-order valence-electron chi connectivity index (χ4n) is 1.78. The number of carbonyl (C=O) groups is 1. The molecule has 0 bridgehead atoms. The summed E-state index contributed by atoms with van der Waals surface area (Å²) < 4.78 is 31.9. The lowest BCUT2D eigenvalue weighted by atomic mass is 10.1. The van der Waals surface area contributed by atoms with E-state index >= 15 is 0 Å². The van der Waals surface area contributed by atoms with Crippen LogP contribution in [0.15, 0.2) is 42.5 Å². The summed E-state index contributed by atoms with van der Waals surface area (Å²) in [5.74, 6) is -1.79. The Hall–Kier alpha value is -2.23. The Morgan fingerprint density at radius 1 is 1.10 bits per heavy atom. The molecular formula is C17H16F2O2. The van der Waals surface area contributed by atoms with Gasteiger partial charge in [0.1, 0.15) is 5.82 Å². The number of ether oxygens (including phenoxy) is 1. The number of carbonyl (C=O) groups excluding carboxylic acids is 1. The Labute approximate surface area is 122 Å². The highest BCUT2D eigenvalue weighted by atomic mass is 19.1. The van der Waals surface area contributed by atoms with Gasteiger partial charge in [0.2, 0.25) is 0 Å². The average molecular weight is 290 g/mol. The summed E-state index contributed by atoms with van der Waals surface area (Å²) in [6, 6.07) is 10.1. The van der Waals surface area contributed by atoms with Gasteiger partial charge in [-0.15, -0.1) is 0 Å². The van der Waals surface area contributed by atoms with Crippen molar-refractivity contribution in [3.05, 3.63) is 54.1 Å². The molecule has 2 nitrogen and oxygen atoms in total. The number of halogens is 2. The molecule has 0 heterocycles. The van der Waals surface area contributed by atoms with Gasteiger partial charge in [0.15, 0.2) is 11.6 Å². The predicted molar refractivity (Wildman–Crippen MR) is 76.9 cm³/mol. The molecule has 2 rings (SSSR count). The van der Waals surface area contributed by atoms with Crippen molar-refractivity contribution in [3.63, 3.8) is 0 Å². The summed E-state index contributed by atoms with van der Waals surface area (Å²) in [6.07, 6.45) is 0.633. The number of rotatable bonds is 4. The predicted octanol–water partition coefficient (Wildman–Crippen LogP) is 4.58. The van der Waals surface area contributed by atoms with E-state index in [-0.39, 0.29) is 17.5 Å².